The summed E-state index contributed by atoms with van der Waals surface area (Å²) in [5.41, 5.74) is 5.25. The lowest BCUT2D eigenvalue weighted by Crippen LogP contribution is -2.22. The van der Waals surface area contributed by atoms with Gasteiger partial charge in [0.25, 0.3) is 0 Å². The molecular weight excluding hydrogens is 258 g/mol. The number of nitrogens with two attached hydrogens (primary N) is 1. The van der Waals surface area contributed by atoms with Gasteiger partial charge in [0.2, 0.25) is 0 Å². The van der Waals surface area contributed by atoms with Gasteiger partial charge in [-0.15, -0.1) is 0 Å². The van der Waals surface area contributed by atoms with Crippen LogP contribution in [0.3, 0.4) is 0 Å². The highest BCUT2D eigenvalue weighted by molar-refractivity contribution is 7.80. The van der Waals surface area contributed by atoms with Crippen molar-refractivity contribution >= 4 is 23.2 Å². The summed E-state index contributed by atoms with van der Waals surface area (Å²) < 4.78 is 4.80. The molecule has 0 amide bonds. The Morgan fingerprint density at radius 2 is 1.74 bits per heavy atom. The summed E-state index contributed by atoms with van der Waals surface area (Å²) in [4.78, 5) is 10.9. The number of carbonyl (C=O) groups is 1. The van der Waals surface area contributed by atoms with E-state index in [2.05, 4.69) is 20.8 Å². The third-order valence-corrected chi connectivity index (χ3v) is 3.06. The van der Waals surface area contributed by atoms with Crippen LogP contribution in [0.25, 0.3) is 0 Å². The Kier molecular flexibility index (Phi) is 11.1. The molecule has 3 nitrogen and oxygen atoms in total. The quantitative estimate of drug-likeness (QED) is 0.612. The molecule has 0 aliphatic carbocycles. The van der Waals surface area contributed by atoms with Crippen LogP contribution in [-0.4, -0.2) is 16.6 Å². The first-order chi connectivity index (χ1) is 8.53. The molecule has 0 aromatic carbocycles. The van der Waals surface area contributed by atoms with Crippen LogP contribution in [0.15, 0.2) is 0 Å². The number of thiocarbonyl (C=S) groups is 1. The van der Waals surface area contributed by atoms with Crippen LogP contribution in [0, 0.1) is 11.8 Å². The van der Waals surface area contributed by atoms with Crippen LogP contribution >= 0.6 is 12.2 Å². The molecular formula is C15H31NO2S. The first kappa shape index (κ1) is 20.7. The number of hydrogen-bond donors (Lipinski definition) is 1. The number of rotatable bonds is 5. The van der Waals surface area contributed by atoms with Gasteiger partial charge in [-0.3, -0.25) is 4.79 Å². The molecule has 0 spiro atoms. The molecule has 0 rings (SSSR count). The smallest absolute Gasteiger partial charge is 0.303 e. The van der Waals surface area contributed by atoms with E-state index in [1.54, 1.807) is 0 Å². The molecule has 0 saturated carbocycles. The largest absolute Gasteiger partial charge is 0.460 e. The maximum absolute atomic E-state index is 10.2. The first-order valence-electron chi connectivity index (χ1n) is 7.02. The van der Waals surface area contributed by atoms with Crippen molar-refractivity contribution in [2.45, 2.75) is 73.3 Å². The highest BCUT2D eigenvalue weighted by Gasteiger charge is 2.12. The maximum Gasteiger partial charge on any atom is 0.303 e. The predicted molar refractivity (Wildman–Crippen MR) is 86.2 cm³/mol. The normalized spacial score (nSPS) is 13.8. The molecule has 0 fully saturated rings. The molecule has 0 heterocycles. The van der Waals surface area contributed by atoms with Crippen molar-refractivity contribution in [3.8, 4) is 0 Å². The van der Waals surface area contributed by atoms with Crippen molar-refractivity contribution in [3.05, 3.63) is 0 Å². The minimum Gasteiger partial charge on any atom is -0.460 e. The van der Waals surface area contributed by atoms with Crippen molar-refractivity contribution in [2.75, 3.05) is 0 Å². The topological polar surface area (TPSA) is 52.3 Å². The Morgan fingerprint density at radius 1 is 1.26 bits per heavy atom. The van der Waals surface area contributed by atoms with Gasteiger partial charge >= 0.3 is 5.97 Å². The minimum atomic E-state index is -0.328. The molecule has 0 aliphatic heterocycles. The van der Waals surface area contributed by atoms with E-state index in [1.807, 2.05) is 20.8 Å². The molecule has 2 unspecified atom stereocenters. The van der Waals surface area contributed by atoms with Crippen LogP contribution in [0.1, 0.15) is 67.7 Å². The fraction of sp³-hybridized carbons (Fsp3) is 0.867. The van der Waals surface area contributed by atoms with Crippen molar-refractivity contribution < 1.29 is 9.53 Å². The summed E-state index contributed by atoms with van der Waals surface area (Å²) in [6.45, 7) is 13.5. The summed E-state index contributed by atoms with van der Waals surface area (Å²) >= 11 is 4.96. The van der Waals surface area contributed by atoms with Gasteiger partial charge < -0.3 is 10.5 Å². The number of esters is 1. The lowest BCUT2D eigenvalue weighted by molar-refractivity contribution is -0.151. The Hall–Kier alpha value is -0.640. The second-order valence-corrected chi connectivity index (χ2v) is 6.43. The van der Waals surface area contributed by atoms with Crippen LogP contribution in [0.5, 0.6) is 0 Å². The molecule has 0 aromatic heterocycles. The van der Waals surface area contributed by atoms with Crippen molar-refractivity contribution in [2.24, 2.45) is 17.6 Å². The van der Waals surface area contributed by atoms with Gasteiger partial charge in [0.1, 0.15) is 5.60 Å². The van der Waals surface area contributed by atoms with Crippen molar-refractivity contribution in [1.29, 1.82) is 0 Å². The monoisotopic (exact) mass is 289 g/mol. The highest BCUT2D eigenvalue weighted by Crippen LogP contribution is 2.17. The van der Waals surface area contributed by atoms with Gasteiger partial charge in [-0.05, 0) is 39.5 Å². The van der Waals surface area contributed by atoms with Gasteiger partial charge in [0.15, 0.2) is 0 Å². The van der Waals surface area contributed by atoms with Crippen LogP contribution in [0.4, 0.5) is 0 Å². The molecule has 4 heteroatoms. The van der Waals surface area contributed by atoms with Crippen LogP contribution < -0.4 is 5.73 Å². The summed E-state index contributed by atoms with van der Waals surface area (Å²) in [7, 11) is 0. The number of hydrogen-bond acceptors (Lipinski definition) is 3. The van der Waals surface area contributed by atoms with Gasteiger partial charge in [-0.2, -0.15) is 0 Å². The predicted octanol–water partition coefficient (Wildman–Crippen LogP) is 4.08. The zero-order valence-electron chi connectivity index (χ0n) is 13.6. The second kappa shape index (κ2) is 10.2. The third-order valence-electron chi connectivity index (χ3n) is 2.73. The van der Waals surface area contributed by atoms with Gasteiger partial charge in [-0.1, -0.05) is 39.4 Å². The molecule has 19 heavy (non-hydrogen) atoms. The van der Waals surface area contributed by atoms with E-state index in [-0.39, 0.29) is 11.6 Å². The molecule has 0 saturated heterocycles. The number of ether oxygens (including phenoxy) is 1. The van der Waals surface area contributed by atoms with Gasteiger partial charge in [0.05, 0.1) is 4.99 Å². The maximum atomic E-state index is 10.2. The molecule has 0 bridgehead atoms. The zero-order chi connectivity index (χ0) is 15.6. The van der Waals surface area contributed by atoms with E-state index in [9.17, 15) is 4.79 Å². The minimum absolute atomic E-state index is 0.225. The van der Waals surface area contributed by atoms with E-state index in [4.69, 9.17) is 22.7 Å². The van der Waals surface area contributed by atoms with Crippen molar-refractivity contribution in [1.82, 2.24) is 0 Å². The van der Waals surface area contributed by atoms with Gasteiger partial charge in [-0.25, -0.2) is 0 Å². The van der Waals surface area contributed by atoms with E-state index >= 15 is 0 Å². The highest BCUT2D eigenvalue weighted by atomic mass is 32.1. The van der Waals surface area contributed by atoms with E-state index in [0.717, 1.165) is 18.8 Å². The lowest BCUT2D eigenvalue weighted by atomic mass is 9.92. The molecule has 0 aromatic rings. The third kappa shape index (κ3) is 15.3. The SMILES string of the molecule is CC(=O)OC(C)(C)C.CCC(C)CC(CC)C(N)=S. The first-order valence-corrected chi connectivity index (χ1v) is 7.43. The average Bonchev–Trinajstić information content (AvgIpc) is 2.22. The van der Waals surface area contributed by atoms with E-state index < -0.39 is 0 Å². The summed E-state index contributed by atoms with van der Waals surface area (Å²) in [6.07, 6.45) is 3.46. The second-order valence-electron chi connectivity index (χ2n) is 5.96. The lowest BCUT2D eigenvalue weighted by Gasteiger charge is -2.17. The Labute approximate surface area is 124 Å². The molecule has 2 N–H and O–H groups in total. The van der Waals surface area contributed by atoms with E-state index in [0.29, 0.717) is 10.9 Å². The fourth-order valence-corrected chi connectivity index (χ4v) is 1.83. The standard InChI is InChI=1S/C9H19NS.C6H12O2/c1-4-7(3)6-8(5-2)9(10)11;1-5(7)8-6(2,3)4/h7-8H,4-6H2,1-3H3,(H2,10,11);1-4H3. The summed E-state index contributed by atoms with van der Waals surface area (Å²) in [5.74, 6) is 0.985. The van der Waals surface area contributed by atoms with Gasteiger partial charge in [0, 0.05) is 12.8 Å². The Morgan fingerprint density at radius 3 is 1.89 bits per heavy atom. The van der Waals surface area contributed by atoms with Crippen LogP contribution in [-0.2, 0) is 9.53 Å². The zero-order valence-corrected chi connectivity index (χ0v) is 14.4. The Bertz CT molecular complexity index is 272. The van der Waals surface area contributed by atoms with E-state index in [1.165, 1.54) is 13.3 Å². The molecule has 0 radical (unpaired) electrons. The number of carbonyl (C=O) groups excluding carboxylic acids is 1. The van der Waals surface area contributed by atoms with Crippen LogP contribution in [0.2, 0.25) is 0 Å². The fourth-order valence-electron chi connectivity index (χ4n) is 1.57. The van der Waals surface area contributed by atoms with Crippen molar-refractivity contribution in [3.63, 3.8) is 0 Å². The Balaban J connectivity index is 0. The molecule has 114 valence electrons. The average molecular weight is 289 g/mol. The summed E-state index contributed by atoms with van der Waals surface area (Å²) in [6, 6.07) is 0. The molecule has 0 aliphatic rings. The molecule has 2 atom stereocenters. The summed E-state index contributed by atoms with van der Waals surface area (Å²) in [5, 5.41) is 0.